The van der Waals surface area contributed by atoms with Crippen molar-refractivity contribution in [1.82, 2.24) is 9.80 Å². The highest BCUT2D eigenvalue weighted by Gasteiger charge is 2.53. The molecule has 36 heavy (non-hydrogen) atoms. The van der Waals surface area contributed by atoms with Gasteiger partial charge in [0.05, 0.1) is 11.7 Å². The minimum Gasteiger partial charge on any atom is -0.480 e. The second kappa shape index (κ2) is 9.15. The summed E-state index contributed by atoms with van der Waals surface area (Å²) in [6.45, 7) is 0.677. The summed E-state index contributed by atoms with van der Waals surface area (Å²) >= 11 is 0. The van der Waals surface area contributed by atoms with E-state index in [4.69, 9.17) is 4.74 Å². The van der Waals surface area contributed by atoms with Crippen molar-refractivity contribution in [2.45, 2.75) is 69.3 Å². The van der Waals surface area contributed by atoms with Crippen LogP contribution in [-0.2, 0) is 16.1 Å². The van der Waals surface area contributed by atoms with E-state index >= 15 is 0 Å². The maximum atomic E-state index is 13.8. The number of nitrogens with zero attached hydrogens (tertiary/aromatic N) is 3. The molecule has 188 valence electrons. The fourth-order valence-electron chi connectivity index (χ4n) is 6.28. The molecule has 2 aliphatic heterocycles. The monoisotopic (exact) mass is 489 g/mol. The minimum atomic E-state index is -0.944. The molecular weight excluding hydrogens is 458 g/mol. The van der Waals surface area contributed by atoms with Crippen molar-refractivity contribution >= 4 is 23.8 Å². The van der Waals surface area contributed by atoms with Gasteiger partial charge < -0.3 is 19.6 Å². The summed E-state index contributed by atoms with van der Waals surface area (Å²) in [6, 6.07) is 16.4. The van der Waals surface area contributed by atoms with Crippen LogP contribution in [0.3, 0.4) is 0 Å². The largest absolute Gasteiger partial charge is 0.480 e. The summed E-state index contributed by atoms with van der Waals surface area (Å²) in [5.74, 6) is -0.862. The van der Waals surface area contributed by atoms with Crippen molar-refractivity contribution in [3.63, 3.8) is 0 Å². The van der Waals surface area contributed by atoms with E-state index in [1.807, 2.05) is 64.4 Å². The van der Waals surface area contributed by atoms with Gasteiger partial charge in [0.15, 0.2) is 0 Å². The highest BCUT2D eigenvalue weighted by atomic mass is 16.6. The second-order valence-electron chi connectivity index (χ2n) is 10.3. The first-order valence-electron chi connectivity index (χ1n) is 12.9. The molecule has 2 aromatic rings. The lowest BCUT2D eigenvalue weighted by Crippen LogP contribution is -2.61. The Labute approximate surface area is 210 Å². The number of amides is 3. The van der Waals surface area contributed by atoms with Crippen LogP contribution >= 0.6 is 0 Å². The first kappa shape index (κ1) is 22.9. The summed E-state index contributed by atoms with van der Waals surface area (Å²) in [5.41, 5.74) is 2.68. The lowest BCUT2D eigenvalue weighted by atomic mass is 9.81. The number of para-hydroxylation sites is 1. The number of hydrogen-bond donors (Lipinski definition) is 1. The number of benzene rings is 2. The Morgan fingerprint density at radius 1 is 0.944 bits per heavy atom. The molecule has 2 aromatic carbocycles. The van der Waals surface area contributed by atoms with E-state index in [9.17, 15) is 19.5 Å². The Morgan fingerprint density at radius 2 is 1.69 bits per heavy atom. The number of anilines is 1. The summed E-state index contributed by atoms with van der Waals surface area (Å²) in [7, 11) is 0. The Hall–Kier alpha value is -3.55. The number of rotatable bonds is 5. The minimum absolute atomic E-state index is 0.0612. The molecule has 1 N–H and O–H groups in total. The molecule has 8 heteroatoms. The van der Waals surface area contributed by atoms with E-state index in [1.165, 1.54) is 4.90 Å². The molecule has 0 unspecified atom stereocenters. The SMILES string of the molecule is O=C(O)[C@@H]1CCN1C(=O)N(C1CC1)[C@H]1c2ccccc2N(C(=O)OCc2ccccc2)[C@H]2CCC[C@H]21. The van der Waals surface area contributed by atoms with Crippen LogP contribution in [0, 0.1) is 5.92 Å². The quantitative estimate of drug-likeness (QED) is 0.652. The fourth-order valence-corrected chi connectivity index (χ4v) is 6.28. The number of urea groups is 1. The Morgan fingerprint density at radius 3 is 2.39 bits per heavy atom. The molecule has 0 aromatic heterocycles. The number of hydrogen-bond acceptors (Lipinski definition) is 4. The third-order valence-corrected chi connectivity index (χ3v) is 8.20. The number of carboxylic acid groups (broad SMARTS) is 1. The lowest BCUT2D eigenvalue weighted by Gasteiger charge is -2.49. The number of aliphatic carboxylic acids is 1. The zero-order chi connectivity index (χ0) is 24.8. The maximum absolute atomic E-state index is 13.8. The zero-order valence-corrected chi connectivity index (χ0v) is 20.2. The molecule has 8 nitrogen and oxygen atoms in total. The Kier molecular flexibility index (Phi) is 5.82. The standard InChI is InChI=1S/C28H31N3O5/c32-26(33)24-15-16-29(24)27(34)30(19-13-14-19)25-20-9-4-5-11-22(20)31(23-12-6-10-21(23)25)28(35)36-17-18-7-2-1-3-8-18/h1-5,7-9,11,19,21,23-25H,6,10,12-17H2,(H,32,33)/t21-,23+,24+,25+/m1/s1. The van der Waals surface area contributed by atoms with Crippen molar-refractivity contribution < 1.29 is 24.2 Å². The van der Waals surface area contributed by atoms with Crippen molar-refractivity contribution in [2.24, 2.45) is 5.92 Å². The highest BCUT2D eigenvalue weighted by molar-refractivity contribution is 5.91. The average Bonchev–Trinajstić information content (AvgIpc) is 3.57. The Balaban J connectivity index is 1.33. The Bertz CT molecular complexity index is 1170. The van der Waals surface area contributed by atoms with Crippen LogP contribution in [0.15, 0.2) is 54.6 Å². The predicted octanol–water partition coefficient (Wildman–Crippen LogP) is 4.80. The molecule has 3 amide bonds. The van der Waals surface area contributed by atoms with Crippen LogP contribution in [0.4, 0.5) is 15.3 Å². The molecular formula is C28H31N3O5. The van der Waals surface area contributed by atoms with Crippen molar-refractivity contribution in [1.29, 1.82) is 0 Å². The predicted molar refractivity (Wildman–Crippen MR) is 132 cm³/mol. The van der Waals surface area contributed by atoms with Crippen LogP contribution in [0.1, 0.15) is 55.7 Å². The molecule has 4 atom stereocenters. The molecule has 0 bridgehead atoms. The number of carbonyl (C=O) groups is 3. The topological polar surface area (TPSA) is 90.4 Å². The normalized spacial score (nSPS) is 26.4. The molecule has 4 aliphatic rings. The van der Waals surface area contributed by atoms with Crippen LogP contribution in [0.25, 0.3) is 0 Å². The zero-order valence-electron chi connectivity index (χ0n) is 20.2. The molecule has 0 radical (unpaired) electrons. The highest BCUT2D eigenvalue weighted by Crippen LogP contribution is 2.53. The van der Waals surface area contributed by atoms with Gasteiger partial charge in [-0.1, -0.05) is 55.0 Å². The van der Waals surface area contributed by atoms with Gasteiger partial charge in [0, 0.05) is 24.5 Å². The molecule has 2 aliphatic carbocycles. The van der Waals surface area contributed by atoms with E-state index in [2.05, 4.69) is 0 Å². The van der Waals surface area contributed by atoms with Crippen LogP contribution < -0.4 is 4.90 Å². The molecule has 6 rings (SSSR count). The first-order chi connectivity index (χ1) is 17.5. The van der Waals surface area contributed by atoms with Crippen molar-refractivity contribution in [3.8, 4) is 0 Å². The van der Waals surface area contributed by atoms with E-state index in [-0.39, 0.29) is 42.8 Å². The van der Waals surface area contributed by atoms with Gasteiger partial charge in [-0.15, -0.1) is 0 Å². The van der Waals surface area contributed by atoms with Crippen LogP contribution in [0.2, 0.25) is 0 Å². The van der Waals surface area contributed by atoms with E-state index < -0.39 is 12.0 Å². The summed E-state index contributed by atoms with van der Waals surface area (Å²) in [6.07, 6.45) is 4.71. The van der Waals surface area contributed by atoms with E-state index in [0.29, 0.717) is 13.0 Å². The van der Waals surface area contributed by atoms with Gasteiger partial charge in [0.25, 0.3) is 0 Å². The first-order valence-corrected chi connectivity index (χ1v) is 12.9. The van der Waals surface area contributed by atoms with Crippen molar-refractivity contribution in [3.05, 3.63) is 65.7 Å². The molecule has 1 saturated heterocycles. The van der Waals surface area contributed by atoms with Gasteiger partial charge in [-0.25, -0.2) is 14.4 Å². The second-order valence-corrected chi connectivity index (χ2v) is 10.3. The van der Waals surface area contributed by atoms with Gasteiger partial charge in [-0.05, 0) is 49.3 Å². The maximum Gasteiger partial charge on any atom is 0.414 e. The molecule has 0 spiro atoms. The molecule has 2 heterocycles. The third-order valence-electron chi connectivity index (χ3n) is 8.20. The number of carbonyl (C=O) groups excluding carboxylic acids is 2. The third kappa shape index (κ3) is 3.88. The number of fused-ring (bicyclic) bond motifs is 2. The van der Waals surface area contributed by atoms with E-state index in [0.717, 1.165) is 48.9 Å². The fraction of sp³-hybridized carbons (Fsp3) is 0.464. The molecule has 3 fully saturated rings. The summed E-state index contributed by atoms with van der Waals surface area (Å²) in [4.78, 5) is 44.2. The number of likely N-dealkylation sites (tertiary alicyclic amines) is 1. The van der Waals surface area contributed by atoms with Crippen molar-refractivity contribution in [2.75, 3.05) is 11.4 Å². The lowest BCUT2D eigenvalue weighted by molar-refractivity contribution is -0.146. The summed E-state index contributed by atoms with van der Waals surface area (Å²) < 4.78 is 5.77. The van der Waals surface area contributed by atoms with Gasteiger partial charge in [-0.2, -0.15) is 0 Å². The average molecular weight is 490 g/mol. The van der Waals surface area contributed by atoms with E-state index in [1.54, 1.807) is 0 Å². The van der Waals surface area contributed by atoms with Gasteiger partial charge in [-0.3, -0.25) is 4.90 Å². The number of ether oxygens (including phenoxy) is 1. The van der Waals surface area contributed by atoms with Gasteiger partial charge in [0.1, 0.15) is 12.6 Å². The van der Waals surface area contributed by atoms with Crippen LogP contribution in [-0.4, -0.2) is 57.7 Å². The van der Waals surface area contributed by atoms with Crippen LogP contribution in [0.5, 0.6) is 0 Å². The number of carboxylic acids is 1. The molecule has 2 saturated carbocycles. The smallest absolute Gasteiger partial charge is 0.414 e. The van der Waals surface area contributed by atoms with Gasteiger partial charge in [0.2, 0.25) is 0 Å². The van der Waals surface area contributed by atoms with Gasteiger partial charge >= 0.3 is 18.1 Å². The summed E-state index contributed by atoms with van der Waals surface area (Å²) in [5, 5.41) is 9.57.